The van der Waals surface area contributed by atoms with Crippen LogP contribution in [-0.4, -0.2) is 29.7 Å². The number of nitrogens with two attached hydrogens (primary N) is 1. The van der Waals surface area contributed by atoms with Crippen molar-refractivity contribution < 1.29 is 9.90 Å². The first-order valence-electron chi connectivity index (χ1n) is 5.29. The van der Waals surface area contributed by atoms with Gasteiger partial charge in [0.15, 0.2) is 0 Å². The van der Waals surface area contributed by atoms with Crippen LogP contribution in [0.3, 0.4) is 0 Å². The lowest BCUT2D eigenvalue weighted by atomic mass is 10.0. The molecule has 0 aromatic heterocycles. The van der Waals surface area contributed by atoms with Gasteiger partial charge in [-0.15, -0.1) is 0 Å². The second-order valence-corrected chi connectivity index (χ2v) is 4.07. The van der Waals surface area contributed by atoms with Crippen molar-refractivity contribution in [2.24, 2.45) is 5.73 Å². The number of nitrogens with zero attached hydrogens (tertiary/aromatic N) is 1. The molecule has 1 rings (SSSR count). The molecule has 4 nitrogen and oxygen atoms in total. The first kappa shape index (κ1) is 12.5. The van der Waals surface area contributed by atoms with Crippen molar-refractivity contribution in [3.05, 3.63) is 30.3 Å². The Labute approximate surface area is 95.7 Å². The van der Waals surface area contributed by atoms with Gasteiger partial charge in [-0.25, -0.2) is 0 Å². The Balaban J connectivity index is 2.81. The van der Waals surface area contributed by atoms with Crippen molar-refractivity contribution in [3.8, 4) is 0 Å². The van der Waals surface area contributed by atoms with E-state index in [-0.39, 0.29) is 0 Å². The minimum absolute atomic E-state index is 0.294. The summed E-state index contributed by atoms with van der Waals surface area (Å²) in [5.74, 6) is -0.984. The highest BCUT2D eigenvalue weighted by Crippen LogP contribution is 2.15. The SMILES string of the molecule is CCN(CC(C)(N)C(=O)O)c1ccccc1. The van der Waals surface area contributed by atoms with E-state index in [4.69, 9.17) is 10.8 Å². The molecular weight excluding hydrogens is 204 g/mol. The molecule has 0 radical (unpaired) electrons. The Hall–Kier alpha value is -1.55. The lowest BCUT2D eigenvalue weighted by Crippen LogP contribution is -2.54. The lowest BCUT2D eigenvalue weighted by Gasteiger charge is -2.30. The molecule has 1 aromatic carbocycles. The summed E-state index contributed by atoms with van der Waals surface area (Å²) in [4.78, 5) is 12.9. The van der Waals surface area contributed by atoms with Crippen molar-refractivity contribution in [2.45, 2.75) is 19.4 Å². The highest BCUT2D eigenvalue weighted by molar-refractivity contribution is 5.79. The third kappa shape index (κ3) is 2.97. The summed E-state index contributed by atoms with van der Waals surface area (Å²) in [6.07, 6.45) is 0. The monoisotopic (exact) mass is 222 g/mol. The lowest BCUT2D eigenvalue weighted by molar-refractivity contribution is -0.142. The molecule has 0 fully saturated rings. The van der Waals surface area contributed by atoms with Crippen molar-refractivity contribution in [3.63, 3.8) is 0 Å². The van der Waals surface area contributed by atoms with Crippen LogP contribution in [0.5, 0.6) is 0 Å². The van der Waals surface area contributed by atoms with Crippen molar-refractivity contribution in [1.29, 1.82) is 0 Å². The number of hydrogen-bond donors (Lipinski definition) is 2. The van der Waals surface area contributed by atoms with E-state index in [0.29, 0.717) is 6.54 Å². The van der Waals surface area contributed by atoms with E-state index in [9.17, 15) is 4.79 Å². The molecule has 16 heavy (non-hydrogen) atoms. The fraction of sp³-hybridized carbons (Fsp3) is 0.417. The third-order valence-corrected chi connectivity index (χ3v) is 2.51. The average Bonchev–Trinajstić information content (AvgIpc) is 2.27. The molecule has 3 N–H and O–H groups in total. The van der Waals surface area contributed by atoms with Crippen LogP contribution in [0.4, 0.5) is 5.69 Å². The largest absolute Gasteiger partial charge is 0.480 e. The predicted octanol–water partition coefficient (Wildman–Crippen LogP) is 1.31. The van der Waals surface area contributed by atoms with Crippen LogP contribution in [0.15, 0.2) is 30.3 Å². The molecule has 1 unspecified atom stereocenters. The normalized spacial score (nSPS) is 14.2. The van der Waals surface area contributed by atoms with E-state index in [2.05, 4.69) is 0 Å². The zero-order valence-electron chi connectivity index (χ0n) is 9.68. The molecular formula is C12H18N2O2. The Morgan fingerprint density at radius 1 is 1.44 bits per heavy atom. The quantitative estimate of drug-likeness (QED) is 0.788. The van der Waals surface area contributed by atoms with Gasteiger partial charge in [0.05, 0.1) is 0 Å². The minimum atomic E-state index is -1.23. The van der Waals surface area contributed by atoms with Gasteiger partial charge in [-0.2, -0.15) is 0 Å². The van der Waals surface area contributed by atoms with Gasteiger partial charge in [-0.1, -0.05) is 18.2 Å². The van der Waals surface area contributed by atoms with Crippen molar-refractivity contribution >= 4 is 11.7 Å². The highest BCUT2D eigenvalue weighted by atomic mass is 16.4. The van der Waals surface area contributed by atoms with Gasteiger partial charge in [0, 0.05) is 18.8 Å². The van der Waals surface area contributed by atoms with Gasteiger partial charge in [-0.05, 0) is 26.0 Å². The number of benzene rings is 1. The van der Waals surface area contributed by atoms with Crippen LogP contribution in [0.1, 0.15) is 13.8 Å². The number of carbonyl (C=O) groups is 1. The van der Waals surface area contributed by atoms with Crippen LogP contribution in [-0.2, 0) is 4.79 Å². The maximum atomic E-state index is 11.0. The predicted molar refractivity (Wildman–Crippen MR) is 64.6 cm³/mol. The maximum absolute atomic E-state index is 11.0. The first-order chi connectivity index (χ1) is 7.47. The number of aliphatic carboxylic acids is 1. The van der Waals surface area contributed by atoms with Crippen LogP contribution in [0.25, 0.3) is 0 Å². The highest BCUT2D eigenvalue weighted by Gasteiger charge is 2.30. The van der Waals surface area contributed by atoms with Gasteiger partial charge >= 0.3 is 5.97 Å². The number of carboxylic acid groups (broad SMARTS) is 1. The fourth-order valence-corrected chi connectivity index (χ4v) is 1.49. The second-order valence-electron chi connectivity index (χ2n) is 4.07. The Morgan fingerprint density at radius 2 is 2.00 bits per heavy atom. The smallest absolute Gasteiger partial charge is 0.325 e. The zero-order valence-corrected chi connectivity index (χ0v) is 9.68. The van der Waals surface area contributed by atoms with Gasteiger partial charge in [0.2, 0.25) is 0 Å². The Kier molecular flexibility index (Phi) is 3.90. The number of likely N-dealkylation sites (N-methyl/N-ethyl adjacent to an activating group) is 1. The fourth-order valence-electron chi connectivity index (χ4n) is 1.49. The van der Waals surface area contributed by atoms with E-state index in [0.717, 1.165) is 12.2 Å². The molecule has 0 bridgehead atoms. The van der Waals surface area contributed by atoms with E-state index in [1.165, 1.54) is 6.92 Å². The molecule has 88 valence electrons. The summed E-state index contributed by atoms with van der Waals surface area (Å²) in [7, 11) is 0. The van der Waals surface area contributed by atoms with Crippen molar-refractivity contribution in [1.82, 2.24) is 0 Å². The van der Waals surface area contributed by atoms with Crippen LogP contribution >= 0.6 is 0 Å². The summed E-state index contributed by atoms with van der Waals surface area (Å²) in [6, 6.07) is 9.66. The number of rotatable bonds is 5. The minimum Gasteiger partial charge on any atom is -0.480 e. The van der Waals surface area contributed by atoms with Gasteiger partial charge in [0.1, 0.15) is 5.54 Å². The van der Waals surface area contributed by atoms with Gasteiger partial charge in [0.25, 0.3) is 0 Å². The molecule has 0 aliphatic carbocycles. The molecule has 1 aromatic rings. The third-order valence-electron chi connectivity index (χ3n) is 2.51. The maximum Gasteiger partial charge on any atom is 0.325 e. The molecule has 0 saturated heterocycles. The number of anilines is 1. The topological polar surface area (TPSA) is 66.6 Å². The van der Waals surface area contributed by atoms with E-state index in [1.807, 2.05) is 42.2 Å². The van der Waals surface area contributed by atoms with Crippen LogP contribution in [0.2, 0.25) is 0 Å². The van der Waals surface area contributed by atoms with E-state index >= 15 is 0 Å². The molecule has 0 saturated carbocycles. The van der Waals surface area contributed by atoms with Crippen LogP contribution < -0.4 is 10.6 Å². The summed E-state index contributed by atoms with van der Waals surface area (Å²) in [6.45, 7) is 4.53. The van der Waals surface area contributed by atoms with E-state index in [1.54, 1.807) is 0 Å². The average molecular weight is 222 g/mol. The Morgan fingerprint density at radius 3 is 2.44 bits per heavy atom. The van der Waals surface area contributed by atoms with Crippen LogP contribution in [0, 0.1) is 0 Å². The first-order valence-corrected chi connectivity index (χ1v) is 5.29. The molecule has 0 spiro atoms. The number of hydrogen-bond acceptors (Lipinski definition) is 3. The summed E-state index contributed by atoms with van der Waals surface area (Å²) >= 11 is 0. The number of carboxylic acids is 1. The molecule has 4 heteroatoms. The van der Waals surface area contributed by atoms with Crippen molar-refractivity contribution in [2.75, 3.05) is 18.0 Å². The van der Waals surface area contributed by atoms with Gasteiger partial charge < -0.3 is 15.7 Å². The second kappa shape index (κ2) is 4.99. The Bertz CT molecular complexity index is 349. The molecule has 0 aliphatic rings. The summed E-state index contributed by atoms with van der Waals surface area (Å²) in [5.41, 5.74) is 5.49. The zero-order chi connectivity index (χ0) is 12.2. The number of para-hydroxylation sites is 1. The summed E-state index contributed by atoms with van der Waals surface area (Å²) < 4.78 is 0. The molecule has 0 aliphatic heterocycles. The molecule has 0 amide bonds. The van der Waals surface area contributed by atoms with Gasteiger partial charge in [-0.3, -0.25) is 4.79 Å². The van der Waals surface area contributed by atoms with E-state index < -0.39 is 11.5 Å². The molecule has 1 atom stereocenters. The summed E-state index contributed by atoms with van der Waals surface area (Å²) in [5, 5.41) is 8.98. The molecule has 0 heterocycles. The standard InChI is InChI=1S/C12H18N2O2/c1-3-14(9-12(2,13)11(15)16)10-7-5-4-6-8-10/h4-8H,3,9,13H2,1-2H3,(H,15,16).